The van der Waals surface area contributed by atoms with E-state index in [4.69, 9.17) is 11.1 Å². The summed E-state index contributed by atoms with van der Waals surface area (Å²) < 4.78 is 0. The van der Waals surface area contributed by atoms with Crippen LogP contribution in [0.5, 0.6) is 0 Å². The van der Waals surface area contributed by atoms with Crippen molar-refractivity contribution in [3.05, 3.63) is 23.3 Å². The van der Waals surface area contributed by atoms with Gasteiger partial charge in [0.2, 0.25) is 0 Å². The lowest BCUT2D eigenvalue weighted by molar-refractivity contribution is 0.315. The van der Waals surface area contributed by atoms with E-state index in [9.17, 15) is 0 Å². The summed E-state index contributed by atoms with van der Waals surface area (Å²) in [5.74, 6) is 0. The second-order valence-corrected chi connectivity index (χ2v) is 5.28. The molecular weight excluding hydrogens is 224 g/mol. The summed E-state index contributed by atoms with van der Waals surface area (Å²) >= 11 is 0. The van der Waals surface area contributed by atoms with Crippen molar-refractivity contribution in [2.75, 3.05) is 37.8 Å². The Morgan fingerprint density at radius 3 is 2.72 bits per heavy atom. The molecule has 0 radical (unpaired) electrons. The highest BCUT2D eigenvalue weighted by Crippen LogP contribution is 2.29. The first-order chi connectivity index (χ1) is 8.52. The average molecular weight is 246 g/mol. The van der Waals surface area contributed by atoms with Crippen molar-refractivity contribution in [2.45, 2.75) is 19.4 Å². The van der Waals surface area contributed by atoms with Crippen molar-refractivity contribution < 1.29 is 0 Å². The summed E-state index contributed by atoms with van der Waals surface area (Å²) in [4.78, 5) is 4.61. The number of anilines is 2. The first kappa shape index (κ1) is 12.9. The smallest absolute Gasteiger partial charge is 0.0479 e. The van der Waals surface area contributed by atoms with Gasteiger partial charge in [-0.25, -0.2) is 0 Å². The van der Waals surface area contributed by atoms with Crippen molar-refractivity contribution in [1.82, 2.24) is 4.90 Å². The molecule has 1 saturated heterocycles. The highest BCUT2D eigenvalue weighted by Gasteiger charge is 2.25. The van der Waals surface area contributed by atoms with Crippen LogP contribution >= 0.6 is 0 Å². The summed E-state index contributed by atoms with van der Waals surface area (Å²) in [7, 11) is 4.24. The standard InChI is InChI=1S/C14H22N4/c1-10-6-13(16)12(8-15)14(7-10)18-5-4-11(9-18)17(2)3/h6-8,11,15H,4-5,9,16H2,1-3H3. The minimum Gasteiger partial charge on any atom is -0.398 e. The van der Waals surface area contributed by atoms with Gasteiger partial charge in [0.15, 0.2) is 0 Å². The summed E-state index contributed by atoms with van der Waals surface area (Å²) in [6, 6.07) is 4.66. The number of nitrogens with one attached hydrogen (secondary N) is 1. The van der Waals surface area contributed by atoms with Crippen LogP contribution < -0.4 is 10.6 Å². The van der Waals surface area contributed by atoms with Crippen LogP contribution in [0.3, 0.4) is 0 Å². The maximum absolute atomic E-state index is 7.55. The molecule has 0 saturated carbocycles. The first-order valence-electron chi connectivity index (χ1n) is 6.35. The Bertz CT molecular complexity index is 453. The lowest BCUT2D eigenvalue weighted by Crippen LogP contribution is -2.31. The number of hydrogen-bond acceptors (Lipinski definition) is 4. The van der Waals surface area contributed by atoms with E-state index in [1.165, 1.54) is 6.21 Å². The Morgan fingerprint density at radius 2 is 2.17 bits per heavy atom. The molecule has 3 N–H and O–H groups in total. The lowest BCUT2D eigenvalue weighted by atomic mass is 10.1. The van der Waals surface area contributed by atoms with E-state index in [-0.39, 0.29) is 0 Å². The fourth-order valence-electron chi connectivity index (χ4n) is 2.61. The van der Waals surface area contributed by atoms with Gasteiger partial charge < -0.3 is 20.9 Å². The number of aryl methyl sites for hydroxylation is 1. The first-order valence-corrected chi connectivity index (χ1v) is 6.35. The van der Waals surface area contributed by atoms with Crippen LogP contribution in [0.1, 0.15) is 17.5 Å². The van der Waals surface area contributed by atoms with Gasteiger partial charge in [0, 0.05) is 42.3 Å². The van der Waals surface area contributed by atoms with Gasteiger partial charge in [-0.05, 0) is 45.1 Å². The normalized spacial score (nSPS) is 19.6. The van der Waals surface area contributed by atoms with Crippen LogP contribution in [0.25, 0.3) is 0 Å². The van der Waals surface area contributed by atoms with Gasteiger partial charge in [0.25, 0.3) is 0 Å². The number of nitrogens with zero attached hydrogens (tertiary/aromatic N) is 2. The third kappa shape index (κ3) is 2.34. The number of nitrogens with two attached hydrogens (primary N) is 1. The molecule has 0 bridgehead atoms. The van der Waals surface area contributed by atoms with Gasteiger partial charge in [-0.1, -0.05) is 0 Å². The molecule has 18 heavy (non-hydrogen) atoms. The van der Waals surface area contributed by atoms with Gasteiger partial charge in [0.05, 0.1) is 0 Å². The Kier molecular flexibility index (Phi) is 3.57. The monoisotopic (exact) mass is 246 g/mol. The maximum Gasteiger partial charge on any atom is 0.0479 e. The highest BCUT2D eigenvalue weighted by molar-refractivity contribution is 5.93. The average Bonchev–Trinajstić information content (AvgIpc) is 2.77. The molecule has 1 unspecified atom stereocenters. The number of nitrogen functional groups attached to an aromatic ring is 1. The predicted octanol–water partition coefficient (Wildman–Crippen LogP) is 1.72. The van der Waals surface area contributed by atoms with E-state index in [0.29, 0.717) is 11.7 Å². The molecule has 1 aliphatic rings. The molecule has 4 heteroatoms. The number of benzene rings is 1. The summed E-state index contributed by atoms with van der Waals surface area (Å²) in [6.45, 7) is 4.09. The SMILES string of the molecule is Cc1cc(N)c(C=N)c(N2CCC(N(C)C)C2)c1. The molecule has 4 nitrogen and oxygen atoms in total. The summed E-state index contributed by atoms with van der Waals surface area (Å²) in [5, 5.41) is 7.55. The zero-order valence-corrected chi connectivity index (χ0v) is 11.4. The lowest BCUT2D eigenvalue weighted by Gasteiger charge is -2.24. The quantitative estimate of drug-likeness (QED) is 0.630. The third-order valence-electron chi connectivity index (χ3n) is 3.71. The molecule has 1 aromatic rings. The van der Waals surface area contributed by atoms with E-state index in [1.54, 1.807) is 0 Å². The largest absolute Gasteiger partial charge is 0.398 e. The molecule has 1 heterocycles. The van der Waals surface area contributed by atoms with Gasteiger partial charge in [-0.15, -0.1) is 0 Å². The zero-order valence-electron chi connectivity index (χ0n) is 11.4. The molecule has 2 rings (SSSR count). The van der Waals surface area contributed by atoms with Crippen molar-refractivity contribution in [2.24, 2.45) is 0 Å². The highest BCUT2D eigenvalue weighted by atomic mass is 15.2. The molecule has 1 aromatic carbocycles. The van der Waals surface area contributed by atoms with E-state index in [0.717, 1.165) is 36.3 Å². The molecule has 0 aliphatic carbocycles. The summed E-state index contributed by atoms with van der Waals surface area (Å²) in [6.07, 6.45) is 2.53. The topological polar surface area (TPSA) is 56.4 Å². The fourth-order valence-corrected chi connectivity index (χ4v) is 2.61. The number of rotatable bonds is 3. The van der Waals surface area contributed by atoms with Gasteiger partial charge in [-0.3, -0.25) is 0 Å². The van der Waals surface area contributed by atoms with Crippen LogP contribution in [-0.4, -0.2) is 44.3 Å². The van der Waals surface area contributed by atoms with Gasteiger partial charge in [-0.2, -0.15) is 0 Å². The van der Waals surface area contributed by atoms with E-state index in [2.05, 4.69) is 30.0 Å². The Labute approximate surface area is 109 Å². The van der Waals surface area contributed by atoms with Crippen molar-refractivity contribution in [3.63, 3.8) is 0 Å². The van der Waals surface area contributed by atoms with E-state index < -0.39 is 0 Å². The van der Waals surface area contributed by atoms with Crippen molar-refractivity contribution >= 4 is 17.6 Å². The van der Waals surface area contributed by atoms with Gasteiger partial charge in [0.1, 0.15) is 0 Å². The predicted molar refractivity (Wildman–Crippen MR) is 77.8 cm³/mol. The molecule has 0 aromatic heterocycles. The molecule has 0 spiro atoms. The van der Waals surface area contributed by atoms with Crippen LogP contribution in [0, 0.1) is 12.3 Å². The van der Waals surface area contributed by atoms with E-state index in [1.807, 2.05) is 13.0 Å². The van der Waals surface area contributed by atoms with E-state index >= 15 is 0 Å². The van der Waals surface area contributed by atoms with Crippen LogP contribution in [0.2, 0.25) is 0 Å². The molecule has 1 atom stereocenters. The van der Waals surface area contributed by atoms with Gasteiger partial charge >= 0.3 is 0 Å². The number of hydrogen-bond donors (Lipinski definition) is 2. The Morgan fingerprint density at radius 1 is 1.44 bits per heavy atom. The minimum atomic E-state index is 0.588. The van der Waals surface area contributed by atoms with Crippen molar-refractivity contribution in [3.8, 4) is 0 Å². The second-order valence-electron chi connectivity index (χ2n) is 5.28. The fraction of sp³-hybridized carbons (Fsp3) is 0.500. The Balaban J connectivity index is 2.31. The summed E-state index contributed by atoms with van der Waals surface area (Å²) in [5.41, 5.74) is 9.81. The molecular formula is C14H22N4. The minimum absolute atomic E-state index is 0.588. The molecule has 1 aliphatic heterocycles. The number of likely N-dealkylation sites (N-methyl/N-ethyl adjacent to an activating group) is 1. The molecule has 1 fully saturated rings. The van der Waals surface area contributed by atoms with Crippen molar-refractivity contribution in [1.29, 1.82) is 5.41 Å². The molecule has 98 valence electrons. The second kappa shape index (κ2) is 4.98. The molecule has 0 amide bonds. The van der Waals surface area contributed by atoms with Crippen LogP contribution in [0.15, 0.2) is 12.1 Å². The third-order valence-corrected chi connectivity index (χ3v) is 3.71. The maximum atomic E-state index is 7.55. The zero-order chi connectivity index (χ0) is 13.3. The van der Waals surface area contributed by atoms with Crippen LogP contribution in [0.4, 0.5) is 11.4 Å². The Hall–Kier alpha value is -1.55. The van der Waals surface area contributed by atoms with Crippen LogP contribution in [-0.2, 0) is 0 Å².